The minimum Gasteiger partial charge on any atom is -0.484 e. The summed E-state index contributed by atoms with van der Waals surface area (Å²) in [5.41, 5.74) is 0. The van der Waals surface area contributed by atoms with Gasteiger partial charge in [0.15, 0.2) is 5.90 Å². The second kappa shape index (κ2) is 4.96. The van der Waals surface area contributed by atoms with Crippen molar-refractivity contribution in [1.82, 2.24) is 0 Å². The molecule has 0 aromatic rings. The maximum Gasteiger partial charge on any atom is 0.186 e. The Morgan fingerprint density at radius 1 is 1.67 bits per heavy atom. The Morgan fingerprint density at radius 2 is 2.50 bits per heavy atom. The van der Waals surface area contributed by atoms with E-state index in [4.69, 9.17) is 4.74 Å². The summed E-state index contributed by atoms with van der Waals surface area (Å²) < 4.78 is 5.24. The van der Waals surface area contributed by atoms with Crippen LogP contribution in [0.3, 0.4) is 0 Å². The monoisotopic (exact) mass is 167 g/mol. The molecule has 1 rings (SSSR count). The number of methoxy groups -OCH3 is 1. The zero-order valence-electron chi connectivity index (χ0n) is 7.75. The summed E-state index contributed by atoms with van der Waals surface area (Å²) in [5, 5.41) is 0. The second-order valence-corrected chi connectivity index (χ2v) is 3.14. The van der Waals surface area contributed by atoms with E-state index in [0.29, 0.717) is 5.92 Å². The summed E-state index contributed by atoms with van der Waals surface area (Å²) in [6, 6.07) is 0. The van der Waals surface area contributed by atoms with Crippen molar-refractivity contribution in [3.8, 4) is 0 Å². The van der Waals surface area contributed by atoms with Crippen LogP contribution in [0.15, 0.2) is 17.6 Å². The van der Waals surface area contributed by atoms with E-state index in [1.807, 2.05) is 6.08 Å². The second-order valence-electron chi connectivity index (χ2n) is 3.14. The van der Waals surface area contributed by atoms with Crippen molar-refractivity contribution < 1.29 is 4.74 Å². The highest BCUT2D eigenvalue weighted by Crippen LogP contribution is 2.19. The van der Waals surface area contributed by atoms with Crippen molar-refractivity contribution >= 4 is 5.90 Å². The molecule has 0 spiro atoms. The maximum atomic E-state index is 5.24. The fraction of sp³-hybridized carbons (Fsp3) is 0.700. The predicted molar refractivity (Wildman–Crippen MR) is 51.5 cm³/mol. The Morgan fingerprint density at radius 3 is 3.17 bits per heavy atom. The van der Waals surface area contributed by atoms with Crippen molar-refractivity contribution in [2.24, 2.45) is 10.9 Å². The van der Waals surface area contributed by atoms with Crippen LogP contribution < -0.4 is 0 Å². The quantitative estimate of drug-likeness (QED) is 0.579. The SMILES string of the molecule is C=CCC1CCCCN=C1OC. The molecule has 0 amide bonds. The van der Waals surface area contributed by atoms with Gasteiger partial charge in [-0.2, -0.15) is 0 Å². The smallest absolute Gasteiger partial charge is 0.186 e. The van der Waals surface area contributed by atoms with Crippen LogP contribution in [-0.2, 0) is 4.74 Å². The molecule has 68 valence electrons. The van der Waals surface area contributed by atoms with Gasteiger partial charge in [0.1, 0.15) is 0 Å². The lowest BCUT2D eigenvalue weighted by molar-refractivity contribution is 0.360. The van der Waals surface area contributed by atoms with Gasteiger partial charge in [-0.3, -0.25) is 4.99 Å². The van der Waals surface area contributed by atoms with E-state index < -0.39 is 0 Å². The maximum absolute atomic E-state index is 5.24. The van der Waals surface area contributed by atoms with E-state index in [2.05, 4.69) is 11.6 Å². The van der Waals surface area contributed by atoms with Crippen molar-refractivity contribution in [3.05, 3.63) is 12.7 Å². The zero-order chi connectivity index (χ0) is 8.81. The Labute approximate surface area is 74.3 Å². The van der Waals surface area contributed by atoms with Gasteiger partial charge in [0, 0.05) is 12.5 Å². The Bertz CT molecular complexity index is 175. The largest absolute Gasteiger partial charge is 0.484 e. The Kier molecular flexibility index (Phi) is 3.85. The van der Waals surface area contributed by atoms with Crippen molar-refractivity contribution in [1.29, 1.82) is 0 Å². The number of hydrogen-bond acceptors (Lipinski definition) is 2. The van der Waals surface area contributed by atoms with Gasteiger partial charge in [0.05, 0.1) is 7.11 Å². The standard InChI is InChI=1S/C10H17NO/c1-3-6-9-7-4-5-8-11-10(9)12-2/h3,9H,1,4-8H2,2H3. The van der Waals surface area contributed by atoms with E-state index >= 15 is 0 Å². The zero-order valence-corrected chi connectivity index (χ0v) is 7.75. The Balaban J connectivity index is 2.58. The van der Waals surface area contributed by atoms with Crippen LogP contribution in [0.2, 0.25) is 0 Å². The third kappa shape index (κ3) is 2.36. The average Bonchev–Trinajstić information content (AvgIpc) is 2.30. The summed E-state index contributed by atoms with van der Waals surface area (Å²) in [6.07, 6.45) is 6.59. The molecule has 1 aliphatic heterocycles. The van der Waals surface area contributed by atoms with E-state index in [9.17, 15) is 0 Å². The van der Waals surface area contributed by atoms with Gasteiger partial charge >= 0.3 is 0 Å². The molecule has 0 radical (unpaired) electrons. The Hall–Kier alpha value is -0.790. The number of ether oxygens (including phenoxy) is 1. The lowest BCUT2D eigenvalue weighted by Gasteiger charge is -2.13. The molecule has 0 saturated carbocycles. The number of aliphatic imine (C=N–C) groups is 1. The van der Waals surface area contributed by atoms with E-state index in [-0.39, 0.29) is 0 Å². The normalized spacial score (nSPS) is 24.1. The van der Waals surface area contributed by atoms with Gasteiger partial charge in [-0.1, -0.05) is 12.5 Å². The first-order chi connectivity index (χ1) is 5.88. The molecule has 2 nitrogen and oxygen atoms in total. The number of hydrogen-bond donors (Lipinski definition) is 0. The highest BCUT2D eigenvalue weighted by atomic mass is 16.5. The highest BCUT2D eigenvalue weighted by molar-refractivity contribution is 5.79. The van der Waals surface area contributed by atoms with E-state index in [1.165, 1.54) is 19.3 Å². The third-order valence-electron chi connectivity index (χ3n) is 2.24. The number of nitrogens with zero attached hydrogens (tertiary/aromatic N) is 1. The van der Waals surface area contributed by atoms with Crippen LogP contribution in [0.5, 0.6) is 0 Å². The highest BCUT2D eigenvalue weighted by Gasteiger charge is 2.16. The molecule has 0 fully saturated rings. The van der Waals surface area contributed by atoms with Gasteiger partial charge in [-0.15, -0.1) is 6.58 Å². The number of allylic oxidation sites excluding steroid dienone is 1. The molecule has 0 aromatic heterocycles. The third-order valence-corrected chi connectivity index (χ3v) is 2.24. The van der Waals surface area contributed by atoms with Crippen LogP contribution in [0, 0.1) is 5.92 Å². The van der Waals surface area contributed by atoms with Crippen LogP contribution in [0.4, 0.5) is 0 Å². The molecular formula is C10H17NO. The van der Waals surface area contributed by atoms with Crippen molar-refractivity contribution in [2.75, 3.05) is 13.7 Å². The minimum absolute atomic E-state index is 0.481. The molecule has 1 atom stereocenters. The molecule has 1 aliphatic rings. The summed E-state index contributed by atoms with van der Waals surface area (Å²) in [5.74, 6) is 1.40. The summed E-state index contributed by atoms with van der Waals surface area (Å²) in [7, 11) is 1.71. The average molecular weight is 167 g/mol. The fourth-order valence-electron chi connectivity index (χ4n) is 1.60. The van der Waals surface area contributed by atoms with Crippen LogP contribution in [-0.4, -0.2) is 19.6 Å². The lowest BCUT2D eigenvalue weighted by atomic mass is 9.99. The molecule has 2 heteroatoms. The van der Waals surface area contributed by atoms with Crippen molar-refractivity contribution in [3.63, 3.8) is 0 Å². The molecule has 0 aromatic carbocycles. The molecule has 0 saturated heterocycles. The van der Waals surface area contributed by atoms with Gasteiger partial charge in [0.25, 0.3) is 0 Å². The first-order valence-electron chi connectivity index (χ1n) is 4.57. The first kappa shape index (κ1) is 9.30. The van der Waals surface area contributed by atoms with Gasteiger partial charge in [0.2, 0.25) is 0 Å². The summed E-state index contributed by atoms with van der Waals surface area (Å²) in [6.45, 7) is 4.67. The van der Waals surface area contributed by atoms with Crippen LogP contribution >= 0.6 is 0 Å². The first-order valence-corrected chi connectivity index (χ1v) is 4.57. The summed E-state index contributed by atoms with van der Waals surface area (Å²) in [4.78, 5) is 4.39. The van der Waals surface area contributed by atoms with E-state index in [1.54, 1.807) is 7.11 Å². The number of rotatable bonds is 2. The van der Waals surface area contributed by atoms with Crippen molar-refractivity contribution in [2.45, 2.75) is 25.7 Å². The predicted octanol–water partition coefficient (Wildman–Crippen LogP) is 2.41. The van der Waals surface area contributed by atoms with Crippen LogP contribution in [0.1, 0.15) is 25.7 Å². The molecule has 0 bridgehead atoms. The molecule has 0 N–H and O–H groups in total. The lowest BCUT2D eigenvalue weighted by Crippen LogP contribution is -2.14. The molecule has 1 heterocycles. The molecular weight excluding hydrogens is 150 g/mol. The molecule has 0 aliphatic carbocycles. The fourth-order valence-corrected chi connectivity index (χ4v) is 1.60. The van der Waals surface area contributed by atoms with Crippen LogP contribution in [0.25, 0.3) is 0 Å². The van der Waals surface area contributed by atoms with E-state index in [0.717, 1.165) is 18.9 Å². The topological polar surface area (TPSA) is 21.6 Å². The molecule has 1 unspecified atom stereocenters. The summed E-state index contributed by atoms with van der Waals surface area (Å²) >= 11 is 0. The van der Waals surface area contributed by atoms with Gasteiger partial charge in [-0.25, -0.2) is 0 Å². The van der Waals surface area contributed by atoms with Gasteiger partial charge < -0.3 is 4.74 Å². The van der Waals surface area contributed by atoms with Gasteiger partial charge in [-0.05, 0) is 19.3 Å². The minimum atomic E-state index is 0.481. The molecule has 12 heavy (non-hydrogen) atoms.